The number of halogens is 2. The van der Waals surface area contributed by atoms with Crippen LogP contribution in [0.3, 0.4) is 0 Å². The topological polar surface area (TPSA) is 0 Å². The van der Waals surface area contributed by atoms with Gasteiger partial charge in [-0.25, -0.2) is 0 Å². The van der Waals surface area contributed by atoms with Crippen LogP contribution in [0.15, 0.2) is 0 Å². The summed E-state index contributed by atoms with van der Waals surface area (Å²) < 4.78 is 2.70. The molecule has 28 heavy (non-hydrogen) atoms. The molecule has 0 amide bonds. The van der Waals surface area contributed by atoms with Crippen LogP contribution in [0.4, 0.5) is 0 Å². The molecule has 0 aromatic rings. The zero-order valence-electron chi connectivity index (χ0n) is 21.0. The second kappa shape index (κ2) is 24.6. The molecular formula is C24H56I2N2. The van der Waals surface area contributed by atoms with Crippen LogP contribution in [0.25, 0.3) is 0 Å². The molecule has 4 heteroatoms. The summed E-state index contributed by atoms with van der Waals surface area (Å²) in [6.07, 6.45) is 11.1. The van der Waals surface area contributed by atoms with Gasteiger partial charge in [0.15, 0.2) is 0 Å². The fourth-order valence-corrected chi connectivity index (χ4v) is 3.99. The number of unbranched alkanes of at least 4 members (excludes halogenated alkanes) is 4. The predicted molar refractivity (Wildman–Crippen MR) is 122 cm³/mol. The normalized spacial score (nSPS) is 11.1. The van der Waals surface area contributed by atoms with Gasteiger partial charge in [-0.15, -0.1) is 0 Å². The molecule has 0 aromatic carbocycles. The Morgan fingerprint density at radius 2 is 0.571 bits per heavy atom. The summed E-state index contributed by atoms with van der Waals surface area (Å²) in [7, 11) is 0. The standard InChI is InChI=1S/C16H36N.C8H20N.2HI/c1-5-9-13-17(14-10-6-2,15-11-7-3)16-12-8-4;1-5-9(6-2,7-3)8-4;;/h5-16H2,1-4H3;5-8H2,1-4H3;2*1H/q2*+1;;/p-2. The van der Waals surface area contributed by atoms with Crippen molar-refractivity contribution in [2.24, 2.45) is 0 Å². The zero-order valence-corrected chi connectivity index (χ0v) is 25.3. The maximum absolute atomic E-state index is 2.33. The van der Waals surface area contributed by atoms with Crippen molar-refractivity contribution in [2.45, 2.75) is 107 Å². The van der Waals surface area contributed by atoms with E-state index in [-0.39, 0.29) is 48.0 Å². The van der Waals surface area contributed by atoms with Gasteiger partial charge >= 0.3 is 0 Å². The second-order valence-corrected chi connectivity index (χ2v) is 8.26. The molecule has 0 aliphatic rings. The molecule has 0 aliphatic heterocycles. The number of rotatable bonds is 16. The summed E-state index contributed by atoms with van der Waals surface area (Å²) in [4.78, 5) is 0. The molecule has 0 atom stereocenters. The average molecular weight is 627 g/mol. The molecule has 0 aliphatic carbocycles. The van der Waals surface area contributed by atoms with E-state index in [0.717, 1.165) is 0 Å². The molecular weight excluding hydrogens is 570 g/mol. The summed E-state index contributed by atoms with van der Waals surface area (Å²) in [6.45, 7) is 29.2. The molecule has 0 saturated heterocycles. The molecule has 0 bridgehead atoms. The highest BCUT2D eigenvalue weighted by Gasteiger charge is 2.24. The van der Waals surface area contributed by atoms with E-state index >= 15 is 0 Å². The van der Waals surface area contributed by atoms with E-state index in [1.165, 1.54) is 113 Å². The third-order valence-electron chi connectivity index (χ3n) is 6.63. The molecule has 0 spiro atoms. The summed E-state index contributed by atoms with van der Waals surface area (Å²) in [5.74, 6) is 0. The quantitative estimate of drug-likeness (QED) is 0.177. The molecule has 0 heterocycles. The third kappa shape index (κ3) is 17.1. The Morgan fingerprint density at radius 1 is 0.357 bits per heavy atom. The fourth-order valence-electron chi connectivity index (χ4n) is 3.99. The smallest absolute Gasteiger partial charge is 0.0786 e. The Hall–Kier alpha value is 1.38. The average Bonchev–Trinajstić information content (AvgIpc) is 2.69. The van der Waals surface area contributed by atoms with E-state index in [9.17, 15) is 0 Å². The maximum Gasteiger partial charge on any atom is 0.0786 e. The lowest BCUT2D eigenvalue weighted by molar-refractivity contribution is -0.929. The molecule has 0 rings (SSSR count). The van der Waals surface area contributed by atoms with Crippen molar-refractivity contribution in [3.63, 3.8) is 0 Å². The summed E-state index contributed by atoms with van der Waals surface area (Å²) >= 11 is 0. The van der Waals surface area contributed by atoms with Gasteiger partial charge in [0.1, 0.15) is 0 Å². The first-order chi connectivity index (χ1) is 12.5. The molecule has 2 nitrogen and oxygen atoms in total. The largest absolute Gasteiger partial charge is 1.00 e. The Balaban J connectivity index is -0.000000225. The van der Waals surface area contributed by atoms with E-state index in [1.54, 1.807) is 0 Å². The highest BCUT2D eigenvalue weighted by Crippen LogP contribution is 2.16. The molecule has 0 saturated carbocycles. The van der Waals surface area contributed by atoms with Crippen molar-refractivity contribution in [1.29, 1.82) is 0 Å². The number of nitrogens with zero attached hydrogens (tertiary/aromatic N) is 2. The number of hydrogen-bond acceptors (Lipinski definition) is 0. The SMILES string of the molecule is CCCC[N+](CCCC)(CCCC)CCCC.CC[N+](CC)(CC)CC.[I-].[I-]. The van der Waals surface area contributed by atoms with Crippen LogP contribution in [-0.2, 0) is 0 Å². The van der Waals surface area contributed by atoms with Gasteiger partial charge in [0, 0.05) is 0 Å². The highest BCUT2D eigenvalue weighted by atomic mass is 127. The van der Waals surface area contributed by atoms with Gasteiger partial charge in [-0.3, -0.25) is 0 Å². The molecule has 0 radical (unpaired) electrons. The Bertz CT molecular complexity index is 227. The number of quaternary nitrogens is 2. The van der Waals surface area contributed by atoms with Crippen LogP contribution in [0.5, 0.6) is 0 Å². The molecule has 0 unspecified atom stereocenters. The van der Waals surface area contributed by atoms with Gasteiger partial charge < -0.3 is 56.9 Å². The van der Waals surface area contributed by atoms with Gasteiger partial charge in [-0.2, -0.15) is 0 Å². The molecule has 0 N–H and O–H groups in total. The fraction of sp³-hybridized carbons (Fsp3) is 1.00. The molecule has 176 valence electrons. The van der Waals surface area contributed by atoms with Gasteiger partial charge in [0.25, 0.3) is 0 Å². The van der Waals surface area contributed by atoms with Crippen molar-refractivity contribution >= 4 is 0 Å². The van der Waals surface area contributed by atoms with Crippen molar-refractivity contribution in [3.05, 3.63) is 0 Å². The van der Waals surface area contributed by atoms with Crippen LogP contribution in [0.2, 0.25) is 0 Å². The van der Waals surface area contributed by atoms with Crippen molar-refractivity contribution in [2.75, 3.05) is 52.4 Å². The minimum Gasteiger partial charge on any atom is -1.00 e. The lowest BCUT2D eigenvalue weighted by Crippen LogP contribution is -3.00. The van der Waals surface area contributed by atoms with Crippen LogP contribution in [0, 0.1) is 0 Å². The van der Waals surface area contributed by atoms with E-state index in [0.29, 0.717) is 0 Å². The van der Waals surface area contributed by atoms with Crippen LogP contribution >= 0.6 is 0 Å². The summed E-state index contributed by atoms with van der Waals surface area (Å²) in [5.41, 5.74) is 0. The monoisotopic (exact) mass is 626 g/mol. The second-order valence-electron chi connectivity index (χ2n) is 8.26. The molecule has 0 fully saturated rings. The van der Waals surface area contributed by atoms with Gasteiger partial charge in [0.2, 0.25) is 0 Å². The van der Waals surface area contributed by atoms with Crippen LogP contribution in [-0.4, -0.2) is 61.3 Å². The number of hydrogen-bond donors (Lipinski definition) is 0. The van der Waals surface area contributed by atoms with Crippen molar-refractivity contribution < 1.29 is 56.9 Å². The zero-order chi connectivity index (χ0) is 20.3. The third-order valence-corrected chi connectivity index (χ3v) is 6.63. The summed E-state index contributed by atoms with van der Waals surface area (Å²) in [6, 6.07) is 0. The minimum absolute atomic E-state index is 0. The van der Waals surface area contributed by atoms with E-state index < -0.39 is 0 Å². The van der Waals surface area contributed by atoms with E-state index in [4.69, 9.17) is 0 Å². The highest BCUT2D eigenvalue weighted by molar-refractivity contribution is 4.49. The Morgan fingerprint density at radius 3 is 0.679 bits per heavy atom. The molecule has 0 aromatic heterocycles. The Kier molecular flexibility index (Phi) is 32.3. The minimum atomic E-state index is 0. The van der Waals surface area contributed by atoms with E-state index in [1.807, 2.05) is 0 Å². The first-order valence-electron chi connectivity index (χ1n) is 12.2. The predicted octanol–water partition coefficient (Wildman–Crippen LogP) is 0.894. The van der Waals surface area contributed by atoms with Gasteiger partial charge in [-0.1, -0.05) is 53.4 Å². The van der Waals surface area contributed by atoms with Gasteiger partial charge in [-0.05, 0) is 53.4 Å². The summed E-state index contributed by atoms with van der Waals surface area (Å²) in [5, 5.41) is 0. The van der Waals surface area contributed by atoms with Crippen LogP contribution in [0.1, 0.15) is 107 Å². The van der Waals surface area contributed by atoms with Crippen molar-refractivity contribution in [3.8, 4) is 0 Å². The van der Waals surface area contributed by atoms with Crippen LogP contribution < -0.4 is 48.0 Å². The van der Waals surface area contributed by atoms with E-state index in [2.05, 4.69) is 55.4 Å². The first-order valence-corrected chi connectivity index (χ1v) is 12.2. The lowest BCUT2D eigenvalue weighted by atomic mass is 10.1. The van der Waals surface area contributed by atoms with Gasteiger partial charge in [0.05, 0.1) is 52.4 Å². The van der Waals surface area contributed by atoms with Crippen molar-refractivity contribution in [1.82, 2.24) is 0 Å². The Labute approximate surface area is 214 Å². The first kappa shape index (κ1) is 36.7. The lowest BCUT2D eigenvalue weighted by Gasteiger charge is -2.39. The maximum atomic E-state index is 2.33.